The molecule has 0 radical (unpaired) electrons. The highest BCUT2D eigenvalue weighted by Crippen LogP contribution is 2.26. The van der Waals surface area contributed by atoms with Gasteiger partial charge in [0.25, 0.3) is 0 Å². The molecule has 1 aromatic carbocycles. The van der Waals surface area contributed by atoms with Crippen molar-refractivity contribution in [2.24, 2.45) is 0 Å². The normalized spacial score (nSPS) is 40.7. The average molecular weight is 416 g/mol. The fourth-order valence-electron chi connectivity index (χ4n) is 3.32. The summed E-state index contributed by atoms with van der Waals surface area (Å²) in [6, 6.07) is 9.65. The van der Waals surface area contributed by atoms with Crippen LogP contribution in [0.2, 0.25) is 0 Å². The number of aliphatic hydroxyl groups is 6. The molecule has 2 fully saturated rings. The molecule has 2 aliphatic heterocycles. The van der Waals surface area contributed by atoms with E-state index in [1.54, 1.807) is 0 Å². The van der Waals surface area contributed by atoms with Gasteiger partial charge in [-0.15, -0.1) is 0 Å². The number of benzene rings is 1. The van der Waals surface area contributed by atoms with Gasteiger partial charge in [0.1, 0.15) is 42.7 Å². The fourth-order valence-corrected chi connectivity index (χ4v) is 3.32. The summed E-state index contributed by atoms with van der Waals surface area (Å²) in [7, 11) is 0. The van der Waals surface area contributed by atoms with E-state index in [1.165, 1.54) is 0 Å². The molecule has 0 aromatic heterocycles. The van der Waals surface area contributed by atoms with Gasteiger partial charge in [0.2, 0.25) is 0 Å². The predicted octanol–water partition coefficient (Wildman–Crippen LogP) is -2.49. The van der Waals surface area contributed by atoms with Gasteiger partial charge >= 0.3 is 0 Å². The van der Waals surface area contributed by atoms with Gasteiger partial charge in [-0.3, -0.25) is 0 Å². The second-order valence-corrected chi connectivity index (χ2v) is 7.16. The minimum atomic E-state index is -1.64. The van der Waals surface area contributed by atoms with Crippen molar-refractivity contribution in [2.75, 3.05) is 19.8 Å². The predicted molar refractivity (Wildman–Crippen MR) is 96.5 cm³/mol. The summed E-state index contributed by atoms with van der Waals surface area (Å²) < 4.78 is 21.6. The molecular weight excluding hydrogens is 388 g/mol. The third-order valence-corrected chi connectivity index (χ3v) is 5.12. The second-order valence-electron chi connectivity index (χ2n) is 7.16. The smallest absolute Gasteiger partial charge is 0.189 e. The van der Waals surface area contributed by atoms with Gasteiger partial charge in [0.05, 0.1) is 19.8 Å². The van der Waals surface area contributed by atoms with Gasteiger partial charge in [0.15, 0.2) is 12.6 Å². The molecule has 0 spiro atoms. The van der Waals surface area contributed by atoms with Crippen LogP contribution in [0.4, 0.5) is 0 Å². The first-order chi connectivity index (χ1) is 13.9. The summed E-state index contributed by atoms with van der Waals surface area (Å²) >= 11 is 0. The van der Waals surface area contributed by atoms with E-state index < -0.39 is 61.9 Å². The van der Waals surface area contributed by atoms with E-state index in [2.05, 4.69) is 0 Å². The Morgan fingerprint density at radius 1 is 0.862 bits per heavy atom. The van der Waals surface area contributed by atoms with Crippen molar-refractivity contribution in [1.82, 2.24) is 0 Å². The Morgan fingerprint density at radius 3 is 2.24 bits per heavy atom. The molecule has 0 bridgehead atoms. The molecule has 10 nitrogen and oxygen atoms in total. The number of ether oxygens (including phenoxy) is 4. The van der Waals surface area contributed by atoms with E-state index in [0.717, 1.165) is 5.56 Å². The lowest BCUT2D eigenvalue weighted by atomic mass is 9.99. The third-order valence-electron chi connectivity index (χ3n) is 5.12. The van der Waals surface area contributed by atoms with Crippen molar-refractivity contribution in [2.45, 2.75) is 61.7 Å². The van der Waals surface area contributed by atoms with Crippen molar-refractivity contribution >= 4 is 0 Å². The lowest BCUT2D eigenvalue weighted by Gasteiger charge is -2.43. The maximum atomic E-state index is 10.3. The highest BCUT2D eigenvalue weighted by atomic mass is 16.8. The van der Waals surface area contributed by atoms with Crippen LogP contribution < -0.4 is 0 Å². The average Bonchev–Trinajstić information content (AvgIpc) is 2.74. The van der Waals surface area contributed by atoms with Crippen LogP contribution in [0, 0.1) is 0 Å². The molecule has 6 N–H and O–H groups in total. The highest BCUT2D eigenvalue weighted by molar-refractivity contribution is 5.14. The van der Waals surface area contributed by atoms with E-state index >= 15 is 0 Å². The maximum Gasteiger partial charge on any atom is 0.189 e. The van der Waals surface area contributed by atoms with Crippen LogP contribution >= 0.6 is 0 Å². The Balaban J connectivity index is 1.50. The lowest BCUT2D eigenvalue weighted by molar-refractivity contribution is -0.366. The van der Waals surface area contributed by atoms with Crippen LogP contribution in [-0.2, 0) is 25.4 Å². The van der Waals surface area contributed by atoms with Crippen molar-refractivity contribution in [1.29, 1.82) is 0 Å². The van der Waals surface area contributed by atoms with Crippen molar-refractivity contribution < 1.29 is 49.6 Å². The zero-order valence-corrected chi connectivity index (χ0v) is 15.7. The Labute approximate surface area is 167 Å². The summed E-state index contributed by atoms with van der Waals surface area (Å²) in [5.41, 5.74) is 1.07. The summed E-state index contributed by atoms with van der Waals surface area (Å²) in [6.45, 7) is -0.367. The lowest BCUT2D eigenvalue weighted by Crippen LogP contribution is -2.62. The minimum Gasteiger partial charge on any atom is -0.394 e. The Hall–Kier alpha value is -1.18. The van der Waals surface area contributed by atoms with Gasteiger partial charge < -0.3 is 49.6 Å². The quantitative estimate of drug-likeness (QED) is 0.281. The second kappa shape index (κ2) is 10.2. The Morgan fingerprint density at radius 2 is 1.55 bits per heavy atom. The first kappa shape index (κ1) is 22.5. The van der Waals surface area contributed by atoms with Crippen LogP contribution in [0.5, 0.6) is 0 Å². The fraction of sp³-hybridized carbons (Fsp3) is 0.684. The number of aliphatic hydroxyl groups excluding tert-OH is 6. The first-order valence-corrected chi connectivity index (χ1v) is 9.51. The molecule has 3 rings (SSSR count). The van der Waals surface area contributed by atoms with E-state index in [9.17, 15) is 30.6 Å². The van der Waals surface area contributed by atoms with Crippen LogP contribution in [0.1, 0.15) is 5.56 Å². The third kappa shape index (κ3) is 5.30. The Bertz CT molecular complexity index is 614. The van der Waals surface area contributed by atoms with Gasteiger partial charge in [-0.05, 0) is 12.0 Å². The molecule has 9 atom stereocenters. The van der Waals surface area contributed by atoms with Gasteiger partial charge in [-0.1, -0.05) is 30.3 Å². The zero-order chi connectivity index (χ0) is 21.0. The largest absolute Gasteiger partial charge is 0.394 e. The van der Waals surface area contributed by atoms with Gasteiger partial charge in [-0.2, -0.15) is 0 Å². The van der Waals surface area contributed by atoms with Gasteiger partial charge in [0, 0.05) is 0 Å². The standard InChI is InChI=1S/C19H28O10/c20-8-11-13(21)15(23)17(25)19(28-11)29-18-16(24)14(22)12(9-27-18)26-7-6-10-4-2-1-3-5-10/h1-5,11-25H,6-9H2/t11-,12-,13-,14+,15+,16-,17-,18+,19-/m1/s1. The number of hydrogen-bond donors (Lipinski definition) is 6. The molecule has 2 saturated heterocycles. The molecule has 0 unspecified atom stereocenters. The van der Waals surface area contributed by atoms with Crippen LogP contribution in [0.25, 0.3) is 0 Å². The highest BCUT2D eigenvalue weighted by Gasteiger charge is 2.47. The van der Waals surface area contributed by atoms with E-state index in [-0.39, 0.29) is 6.61 Å². The van der Waals surface area contributed by atoms with Crippen LogP contribution in [-0.4, -0.2) is 106 Å². The monoisotopic (exact) mass is 416 g/mol. The number of rotatable bonds is 7. The molecule has 2 heterocycles. The van der Waals surface area contributed by atoms with Crippen molar-refractivity contribution in [3.63, 3.8) is 0 Å². The summed E-state index contributed by atoms with van der Waals surface area (Å²) in [6.07, 6.45) is -11.7. The molecule has 10 heteroatoms. The zero-order valence-electron chi connectivity index (χ0n) is 15.7. The van der Waals surface area contributed by atoms with Crippen molar-refractivity contribution in [3.8, 4) is 0 Å². The minimum absolute atomic E-state index is 0.0743. The summed E-state index contributed by atoms with van der Waals surface area (Å²) in [5, 5.41) is 59.4. The molecule has 164 valence electrons. The molecule has 1 aromatic rings. The first-order valence-electron chi connectivity index (χ1n) is 9.51. The molecule has 0 amide bonds. The Kier molecular flexibility index (Phi) is 7.93. The topological polar surface area (TPSA) is 158 Å². The van der Waals surface area contributed by atoms with Gasteiger partial charge in [-0.25, -0.2) is 0 Å². The molecule has 0 aliphatic carbocycles. The van der Waals surface area contributed by atoms with E-state index in [4.69, 9.17) is 18.9 Å². The SMILES string of the molecule is OC[C@H]1O[C@H](O[C@@H]2OC[C@@H](OCCc3ccccc3)[C@H](O)[C@H]2O)[C@H](O)[C@@H](O)[C@@H]1O. The molecule has 2 aliphatic rings. The van der Waals surface area contributed by atoms with E-state index in [0.29, 0.717) is 13.0 Å². The molecular formula is C19H28O10. The van der Waals surface area contributed by atoms with Crippen molar-refractivity contribution in [3.05, 3.63) is 35.9 Å². The molecule has 29 heavy (non-hydrogen) atoms. The maximum absolute atomic E-state index is 10.3. The summed E-state index contributed by atoms with van der Waals surface area (Å²) in [4.78, 5) is 0. The number of hydrogen-bond acceptors (Lipinski definition) is 10. The van der Waals surface area contributed by atoms with Crippen LogP contribution in [0.15, 0.2) is 30.3 Å². The summed E-state index contributed by atoms with van der Waals surface area (Å²) in [5.74, 6) is 0. The van der Waals surface area contributed by atoms with Crippen LogP contribution in [0.3, 0.4) is 0 Å². The molecule has 0 saturated carbocycles. The van der Waals surface area contributed by atoms with E-state index in [1.807, 2.05) is 30.3 Å².